The Morgan fingerprint density at radius 2 is 2.29 bits per heavy atom. The second kappa shape index (κ2) is 6.19. The minimum Gasteiger partial charge on any atom is -0.488 e. The number of rotatable bonds is 4. The van der Waals surface area contributed by atoms with Crippen molar-refractivity contribution in [1.82, 2.24) is 20.4 Å². The lowest BCUT2D eigenvalue weighted by molar-refractivity contribution is 0.164. The summed E-state index contributed by atoms with van der Waals surface area (Å²) in [5.74, 6) is 0.934. The summed E-state index contributed by atoms with van der Waals surface area (Å²) in [7, 11) is 1.80. The van der Waals surface area contributed by atoms with Gasteiger partial charge in [-0.2, -0.15) is 5.10 Å². The van der Waals surface area contributed by atoms with Crippen molar-refractivity contribution in [3.63, 3.8) is 0 Å². The normalized spacial score (nSPS) is 18.0. The fourth-order valence-electron chi connectivity index (χ4n) is 3.57. The number of carbonyl (C=O) groups is 1. The molecule has 2 amide bonds. The van der Waals surface area contributed by atoms with Crippen LogP contribution in [0.25, 0.3) is 0 Å². The molecule has 1 aliphatic heterocycles. The number of aryl methyl sites for hydroxylation is 1. The van der Waals surface area contributed by atoms with E-state index in [1.165, 1.54) is 23.2 Å². The summed E-state index contributed by atoms with van der Waals surface area (Å²) in [5.41, 5.74) is 4.69. The van der Waals surface area contributed by atoms with E-state index in [0.29, 0.717) is 13.1 Å². The molecular formula is C18H22N4O2. The number of aromatic nitrogens is 2. The summed E-state index contributed by atoms with van der Waals surface area (Å²) in [4.78, 5) is 14.0. The monoisotopic (exact) mass is 326 g/mol. The predicted molar refractivity (Wildman–Crippen MR) is 90.0 cm³/mol. The quantitative estimate of drug-likeness (QED) is 0.903. The van der Waals surface area contributed by atoms with Crippen LogP contribution in [0, 0.1) is 0 Å². The number of amides is 2. The topological polar surface area (TPSA) is 70.2 Å². The Bertz CT molecular complexity index is 730. The van der Waals surface area contributed by atoms with Gasteiger partial charge in [-0.15, -0.1) is 0 Å². The molecule has 2 heterocycles. The molecule has 1 aromatic carbocycles. The summed E-state index contributed by atoms with van der Waals surface area (Å²) < 4.78 is 5.90. The zero-order valence-corrected chi connectivity index (χ0v) is 13.8. The SMILES string of the molecule is CN(C[C@H]1Cc2ccccc2O1)C(=O)NCc1n[nH]c2c1CCC2. The fourth-order valence-corrected chi connectivity index (χ4v) is 3.57. The molecule has 1 atom stereocenters. The van der Waals surface area contributed by atoms with Crippen molar-refractivity contribution >= 4 is 6.03 Å². The molecule has 6 heteroatoms. The predicted octanol–water partition coefficient (Wildman–Crippen LogP) is 2.04. The number of aromatic amines is 1. The third-order valence-electron chi connectivity index (χ3n) is 4.84. The molecule has 0 bridgehead atoms. The minimum absolute atomic E-state index is 0.0211. The molecule has 0 radical (unpaired) electrons. The first-order valence-corrected chi connectivity index (χ1v) is 8.49. The Balaban J connectivity index is 1.29. The maximum Gasteiger partial charge on any atom is 0.317 e. The first kappa shape index (κ1) is 15.1. The van der Waals surface area contributed by atoms with E-state index in [1.807, 2.05) is 18.2 Å². The number of fused-ring (bicyclic) bond motifs is 2. The van der Waals surface area contributed by atoms with Gasteiger partial charge in [-0.05, 0) is 36.5 Å². The largest absolute Gasteiger partial charge is 0.488 e. The van der Waals surface area contributed by atoms with Crippen LogP contribution in [0.3, 0.4) is 0 Å². The summed E-state index contributed by atoms with van der Waals surface area (Å²) in [5, 5.41) is 10.3. The van der Waals surface area contributed by atoms with Crippen LogP contribution in [-0.2, 0) is 25.8 Å². The van der Waals surface area contributed by atoms with E-state index in [1.54, 1.807) is 11.9 Å². The van der Waals surface area contributed by atoms with Gasteiger partial charge in [0.25, 0.3) is 0 Å². The van der Waals surface area contributed by atoms with Crippen molar-refractivity contribution in [3.05, 3.63) is 46.8 Å². The molecule has 0 saturated carbocycles. The smallest absolute Gasteiger partial charge is 0.317 e. The maximum atomic E-state index is 12.3. The van der Waals surface area contributed by atoms with Crippen molar-refractivity contribution in [2.24, 2.45) is 0 Å². The average molecular weight is 326 g/mol. The van der Waals surface area contributed by atoms with Gasteiger partial charge >= 0.3 is 6.03 Å². The molecule has 0 fully saturated rings. The van der Waals surface area contributed by atoms with Crippen LogP contribution in [0.1, 0.15) is 28.9 Å². The molecule has 4 rings (SSSR count). The first-order chi connectivity index (χ1) is 11.7. The molecule has 0 spiro atoms. The van der Waals surface area contributed by atoms with Gasteiger partial charge in [0.2, 0.25) is 0 Å². The molecule has 0 saturated heterocycles. The van der Waals surface area contributed by atoms with Crippen LogP contribution in [0.5, 0.6) is 5.75 Å². The van der Waals surface area contributed by atoms with E-state index in [0.717, 1.165) is 30.7 Å². The zero-order chi connectivity index (χ0) is 16.5. The molecule has 2 aliphatic rings. The fraction of sp³-hybridized carbons (Fsp3) is 0.444. The lowest BCUT2D eigenvalue weighted by Crippen LogP contribution is -2.42. The van der Waals surface area contributed by atoms with E-state index in [-0.39, 0.29) is 12.1 Å². The van der Waals surface area contributed by atoms with Gasteiger partial charge in [-0.25, -0.2) is 4.79 Å². The van der Waals surface area contributed by atoms with Crippen molar-refractivity contribution in [2.45, 2.75) is 38.3 Å². The van der Waals surface area contributed by atoms with E-state index < -0.39 is 0 Å². The van der Waals surface area contributed by atoms with Gasteiger partial charge in [0.1, 0.15) is 11.9 Å². The summed E-state index contributed by atoms with van der Waals surface area (Å²) in [6, 6.07) is 7.95. The zero-order valence-electron chi connectivity index (χ0n) is 13.8. The van der Waals surface area contributed by atoms with Gasteiger partial charge in [-0.1, -0.05) is 18.2 Å². The van der Waals surface area contributed by atoms with Crippen molar-refractivity contribution in [3.8, 4) is 5.75 Å². The van der Waals surface area contributed by atoms with Crippen molar-refractivity contribution < 1.29 is 9.53 Å². The number of hydrogen-bond acceptors (Lipinski definition) is 3. The van der Waals surface area contributed by atoms with E-state index in [4.69, 9.17) is 4.74 Å². The van der Waals surface area contributed by atoms with Crippen LogP contribution in [0.2, 0.25) is 0 Å². The van der Waals surface area contributed by atoms with Crippen molar-refractivity contribution in [2.75, 3.05) is 13.6 Å². The highest BCUT2D eigenvalue weighted by Crippen LogP contribution is 2.28. The standard InChI is InChI=1S/C18H22N4O2/c1-22(11-13-9-12-5-2-3-8-17(12)24-13)18(23)19-10-16-14-6-4-7-15(14)20-21-16/h2-3,5,8,13H,4,6-7,9-11H2,1H3,(H,19,23)(H,20,21)/t13-/m1/s1. The number of H-pyrrole nitrogens is 1. The average Bonchev–Trinajstić information content (AvgIpc) is 3.27. The highest BCUT2D eigenvalue weighted by Gasteiger charge is 2.25. The first-order valence-electron chi connectivity index (χ1n) is 8.49. The Hall–Kier alpha value is -2.50. The van der Waals surface area contributed by atoms with Crippen LogP contribution < -0.4 is 10.1 Å². The lowest BCUT2D eigenvalue weighted by atomic mass is 10.1. The molecule has 126 valence electrons. The van der Waals surface area contributed by atoms with E-state index >= 15 is 0 Å². The highest BCUT2D eigenvalue weighted by molar-refractivity contribution is 5.73. The summed E-state index contributed by atoms with van der Waals surface area (Å²) in [6.07, 6.45) is 4.16. The number of hydrogen-bond donors (Lipinski definition) is 2. The second-order valence-electron chi connectivity index (χ2n) is 6.57. The molecule has 2 N–H and O–H groups in total. The molecular weight excluding hydrogens is 304 g/mol. The molecule has 6 nitrogen and oxygen atoms in total. The molecule has 1 aliphatic carbocycles. The van der Waals surface area contributed by atoms with Crippen LogP contribution >= 0.6 is 0 Å². The third kappa shape index (κ3) is 2.84. The van der Waals surface area contributed by atoms with E-state index in [9.17, 15) is 4.79 Å². The van der Waals surface area contributed by atoms with Crippen molar-refractivity contribution in [1.29, 1.82) is 0 Å². The lowest BCUT2D eigenvalue weighted by Gasteiger charge is -2.21. The Labute approximate surface area is 141 Å². The number of nitrogens with zero attached hydrogens (tertiary/aromatic N) is 2. The Kier molecular flexibility index (Phi) is 3.88. The minimum atomic E-state index is -0.0932. The maximum absolute atomic E-state index is 12.3. The molecule has 24 heavy (non-hydrogen) atoms. The highest BCUT2D eigenvalue weighted by atomic mass is 16.5. The number of urea groups is 1. The number of likely N-dealkylation sites (N-methyl/N-ethyl adjacent to an activating group) is 1. The number of ether oxygens (including phenoxy) is 1. The van der Waals surface area contributed by atoms with Crippen LogP contribution in [0.4, 0.5) is 4.79 Å². The third-order valence-corrected chi connectivity index (χ3v) is 4.84. The molecule has 0 unspecified atom stereocenters. The summed E-state index contributed by atoms with van der Waals surface area (Å²) >= 11 is 0. The van der Waals surface area contributed by atoms with Crippen LogP contribution in [0.15, 0.2) is 24.3 Å². The second-order valence-corrected chi connectivity index (χ2v) is 6.57. The number of nitrogens with one attached hydrogen (secondary N) is 2. The van der Waals surface area contributed by atoms with Crippen LogP contribution in [-0.4, -0.2) is 40.8 Å². The Morgan fingerprint density at radius 3 is 3.17 bits per heavy atom. The number of para-hydroxylation sites is 1. The number of carbonyl (C=O) groups excluding carboxylic acids is 1. The van der Waals surface area contributed by atoms with Gasteiger partial charge < -0.3 is 15.0 Å². The number of benzene rings is 1. The van der Waals surface area contributed by atoms with Gasteiger partial charge in [0, 0.05) is 19.2 Å². The molecule has 1 aromatic heterocycles. The van der Waals surface area contributed by atoms with Gasteiger partial charge in [0.05, 0.1) is 18.8 Å². The van der Waals surface area contributed by atoms with E-state index in [2.05, 4.69) is 21.6 Å². The Morgan fingerprint density at radius 1 is 1.42 bits per heavy atom. The summed E-state index contributed by atoms with van der Waals surface area (Å²) in [6.45, 7) is 1.04. The van der Waals surface area contributed by atoms with Gasteiger partial charge in [0.15, 0.2) is 0 Å². The molecule has 2 aromatic rings. The van der Waals surface area contributed by atoms with Gasteiger partial charge in [-0.3, -0.25) is 5.10 Å².